The maximum Gasteiger partial charge on any atom is 0.323 e. The molecule has 0 spiro atoms. The second kappa shape index (κ2) is 13.0. The van der Waals surface area contributed by atoms with Gasteiger partial charge in [0.25, 0.3) is 0 Å². The van der Waals surface area contributed by atoms with E-state index in [0.717, 1.165) is 6.42 Å². The van der Waals surface area contributed by atoms with E-state index in [0.29, 0.717) is 11.5 Å². The van der Waals surface area contributed by atoms with Crippen LogP contribution in [0.5, 0.6) is 0 Å². The minimum atomic E-state index is -0.566. The first kappa shape index (κ1) is 24.7. The van der Waals surface area contributed by atoms with Gasteiger partial charge < -0.3 is 15.2 Å². The van der Waals surface area contributed by atoms with Gasteiger partial charge in [-0.2, -0.15) is 23.5 Å². The summed E-state index contributed by atoms with van der Waals surface area (Å²) in [5.41, 5.74) is 5.23. The van der Waals surface area contributed by atoms with Crippen LogP contribution in [0.25, 0.3) is 0 Å². The zero-order valence-electron chi connectivity index (χ0n) is 15.6. The molecule has 0 aromatic carbocycles. The minimum absolute atomic E-state index is 0.0185. The number of hydrogen-bond donors (Lipinski definition) is 1. The standard InChI is InChI=1S/C16H30NO5PS2/c1-6-16(2,3)14(19)12(17)9-25-8-11(22-15(20)23-4)7-21-13(18)10-24-5/h11-12,23H,6-10,17H2,1-5H3/t11?,12-/m1/s1. The van der Waals surface area contributed by atoms with Gasteiger partial charge in [-0.15, -0.1) is 0 Å². The van der Waals surface area contributed by atoms with E-state index < -0.39 is 17.6 Å². The molecule has 0 aromatic heterocycles. The summed E-state index contributed by atoms with van der Waals surface area (Å²) in [6.45, 7) is 7.48. The molecule has 2 unspecified atom stereocenters. The molecule has 9 heteroatoms. The maximum atomic E-state index is 12.3. The molecule has 0 aliphatic carbocycles. The minimum Gasteiger partial charge on any atom is -0.461 e. The first-order chi connectivity index (χ1) is 11.7. The molecule has 0 radical (unpaired) electrons. The van der Waals surface area contributed by atoms with E-state index in [2.05, 4.69) is 0 Å². The van der Waals surface area contributed by atoms with Gasteiger partial charge in [-0.1, -0.05) is 20.8 Å². The molecular formula is C16H30NO5PS2. The van der Waals surface area contributed by atoms with Gasteiger partial charge in [-0.05, 0) is 27.9 Å². The third kappa shape index (κ3) is 10.4. The van der Waals surface area contributed by atoms with Crippen molar-refractivity contribution in [1.82, 2.24) is 0 Å². The van der Waals surface area contributed by atoms with E-state index in [-0.39, 0.29) is 38.4 Å². The van der Waals surface area contributed by atoms with Crippen molar-refractivity contribution in [2.24, 2.45) is 11.1 Å². The number of Topliss-reactive ketones (excluding diaryl/α,β-unsaturated/α-hetero) is 1. The zero-order valence-corrected chi connectivity index (χ0v) is 18.3. The van der Waals surface area contributed by atoms with Crippen molar-refractivity contribution >= 4 is 49.6 Å². The normalized spacial score (nSPS) is 14.3. The topological polar surface area (TPSA) is 95.7 Å². The van der Waals surface area contributed by atoms with Crippen LogP contribution in [-0.2, 0) is 19.1 Å². The molecule has 0 rings (SSSR count). The number of nitrogens with two attached hydrogens (primary N) is 1. The smallest absolute Gasteiger partial charge is 0.323 e. The van der Waals surface area contributed by atoms with Gasteiger partial charge in [0.2, 0.25) is 0 Å². The molecule has 0 saturated heterocycles. The number of esters is 1. The molecule has 0 saturated carbocycles. The van der Waals surface area contributed by atoms with E-state index in [9.17, 15) is 14.4 Å². The van der Waals surface area contributed by atoms with Crippen molar-refractivity contribution in [2.75, 3.05) is 36.8 Å². The molecule has 2 N–H and O–H groups in total. The Labute approximate surface area is 160 Å². The fourth-order valence-corrected chi connectivity index (χ4v) is 3.32. The van der Waals surface area contributed by atoms with Gasteiger partial charge in [0, 0.05) is 16.9 Å². The fraction of sp³-hybridized carbons (Fsp3) is 0.812. The summed E-state index contributed by atoms with van der Waals surface area (Å²) in [4.78, 5) is 35.3. The van der Waals surface area contributed by atoms with E-state index >= 15 is 0 Å². The Hall–Kier alpha value is -0.300. The Morgan fingerprint density at radius 1 is 1.24 bits per heavy atom. The lowest BCUT2D eigenvalue weighted by atomic mass is 9.82. The number of ketones is 1. The number of thioether (sulfide) groups is 2. The SMILES string of the molecule is CCC(C)(C)C(=O)[C@H](N)CSCC(COC(=O)CSC)OC(=O)PC. The molecule has 0 aromatic rings. The number of carbonyl (C=O) groups excluding carboxylic acids is 3. The molecular weight excluding hydrogens is 381 g/mol. The first-order valence-corrected chi connectivity index (χ1v) is 12.1. The Morgan fingerprint density at radius 3 is 2.40 bits per heavy atom. The van der Waals surface area contributed by atoms with Crippen molar-refractivity contribution in [2.45, 2.75) is 39.3 Å². The molecule has 3 atom stereocenters. The predicted molar refractivity (Wildman–Crippen MR) is 108 cm³/mol. The van der Waals surface area contributed by atoms with Gasteiger partial charge in [-0.3, -0.25) is 9.59 Å². The summed E-state index contributed by atoms with van der Waals surface area (Å²) in [6.07, 6.45) is 2.01. The average Bonchev–Trinajstić information content (AvgIpc) is 2.58. The fourth-order valence-electron chi connectivity index (χ4n) is 1.75. The molecule has 146 valence electrons. The van der Waals surface area contributed by atoms with Crippen LogP contribution in [0.3, 0.4) is 0 Å². The maximum absolute atomic E-state index is 12.3. The average molecular weight is 412 g/mol. The number of rotatable bonds is 13. The number of carbonyl (C=O) groups is 3. The van der Waals surface area contributed by atoms with Crippen LogP contribution >= 0.6 is 32.1 Å². The highest BCUT2D eigenvalue weighted by atomic mass is 32.2. The molecule has 0 aliphatic heterocycles. The molecule has 0 amide bonds. The lowest BCUT2D eigenvalue weighted by molar-refractivity contribution is -0.142. The molecule has 0 heterocycles. The van der Waals surface area contributed by atoms with Gasteiger partial charge in [0.05, 0.1) is 11.8 Å². The second-order valence-corrected chi connectivity index (χ2v) is 8.99. The van der Waals surface area contributed by atoms with Crippen molar-refractivity contribution in [1.29, 1.82) is 0 Å². The van der Waals surface area contributed by atoms with E-state index in [1.807, 2.05) is 27.0 Å². The van der Waals surface area contributed by atoms with Crippen LogP contribution in [0.15, 0.2) is 0 Å². The number of hydrogen-bond acceptors (Lipinski definition) is 8. The van der Waals surface area contributed by atoms with E-state index in [4.69, 9.17) is 15.2 Å². The van der Waals surface area contributed by atoms with E-state index in [1.54, 1.807) is 6.66 Å². The van der Waals surface area contributed by atoms with Crippen LogP contribution in [0.2, 0.25) is 0 Å². The third-order valence-corrected chi connectivity index (χ3v) is 5.91. The monoisotopic (exact) mass is 411 g/mol. The molecule has 0 aliphatic rings. The largest absolute Gasteiger partial charge is 0.461 e. The predicted octanol–water partition coefficient (Wildman–Crippen LogP) is 2.77. The van der Waals surface area contributed by atoms with Crippen molar-refractivity contribution in [3.8, 4) is 0 Å². The van der Waals surface area contributed by atoms with Crippen LogP contribution < -0.4 is 5.73 Å². The summed E-state index contributed by atoms with van der Waals surface area (Å²) in [5.74, 6) is 0.806. The van der Waals surface area contributed by atoms with Crippen molar-refractivity contribution in [3.63, 3.8) is 0 Å². The van der Waals surface area contributed by atoms with Gasteiger partial charge in [-0.25, -0.2) is 4.79 Å². The lowest BCUT2D eigenvalue weighted by Crippen LogP contribution is -2.42. The number of ether oxygens (including phenoxy) is 2. The van der Waals surface area contributed by atoms with Crippen LogP contribution in [-0.4, -0.2) is 66.4 Å². The molecule has 25 heavy (non-hydrogen) atoms. The van der Waals surface area contributed by atoms with Crippen LogP contribution in [0, 0.1) is 5.41 Å². The van der Waals surface area contributed by atoms with Gasteiger partial charge >= 0.3 is 11.7 Å². The summed E-state index contributed by atoms with van der Waals surface area (Å²) >= 11 is 2.79. The molecule has 6 nitrogen and oxygen atoms in total. The summed E-state index contributed by atoms with van der Waals surface area (Å²) in [5, 5.41) is 0. The van der Waals surface area contributed by atoms with Crippen molar-refractivity contribution < 1.29 is 23.9 Å². The molecule has 0 fully saturated rings. The summed E-state index contributed by atoms with van der Waals surface area (Å²) < 4.78 is 10.4. The van der Waals surface area contributed by atoms with Crippen molar-refractivity contribution in [3.05, 3.63) is 0 Å². The zero-order chi connectivity index (χ0) is 19.5. The summed E-state index contributed by atoms with van der Waals surface area (Å²) in [6, 6.07) is -0.566. The highest BCUT2D eigenvalue weighted by Crippen LogP contribution is 2.23. The first-order valence-electron chi connectivity index (χ1n) is 8.08. The Bertz CT molecular complexity index is 448. The van der Waals surface area contributed by atoms with Gasteiger partial charge in [0.1, 0.15) is 12.7 Å². The van der Waals surface area contributed by atoms with Crippen LogP contribution in [0.4, 0.5) is 4.79 Å². The third-order valence-electron chi connectivity index (χ3n) is 3.66. The quantitative estimate of drug-likeness (QED) is 0.365. The Balaban J connectivity index is 4.48. The lowest BCUT2D eigenvalue weighted by Gasteiger charge is -2.25. The summed E-state index contributed by atoms with van der Waals surface area (Å²) in [7, 11) is 0.0185. The van der Waals surface area contributed by atoms with E-state index in [1.165, 1.54) is 23.5 Å². The Kier molecular flexibility index (Phi) is 12.8. The highest BCUT2D eigenvalue weighted by molar-refractivity contribution is 7.99. The molecule has 0 bridgehead atoms. The second-order valence-electron chi connectivity index (χ2n) is 6.14. The highest BCUT2D eigenvalue weighted by Gasteiger charge is 2.30. The Morgan fingerprint density at radius 2 is 1.88 bits per heavy atom. The van der Waals surface area contributed by atoms with Crippen LogP contribution in [0.1, 0.15) is 27.2 Å². The van der Waals surface area contributed by atoms with Gasteiger partial charge in [0.15, 0.2) is 5.78 Å².